The molecule has 1 aliphatic rings. The predicted octanol–water partition coefficient (Wildman–Crippen LogP) is 2.94. The van der Waals surface area contributed by atoms with Gasteiger partial charge in [0, 0.05) is 18.7 Å². The van der Waals surface area contributed by atoms with Gasteiger partial charge in [-0.3, -0.25) is 9.59 Å². The average molecular weight is 442 g/mol. The molecule has 0 N–H and O–H groups in total. The van der Waals surface area contributed by atoms with Crippen molar-refractivity contribution in [1.82, 2.24) is 4.90 Å². The number of hydrogen-bond donors (Lipinski definition) is 0. The number of rotatable bonds is 5. The van der Waals surface area contributed by atoms with E-state index in [0.29, 0.717) is 23.1 Å². The topological polar surface area (TPSA) is 93.9 Å². The molecule has 1 fully saturated rings. The molecule has 3 aromatic rings. The van der Waals surface area contributed by atoms with Gasteiger partial charge >= 0.3 is 0 Å². The molecular formula is C23H23NO6S. The van der Waals surface area contributed by atoms with Crippen molar-refractivity contribution >= 4 is 26.7 Å². The van der Waals surface area contributed by atoms with Gasteiger partial charge in [-0.15, -0.1) is 0 Å². The van der Waals surface area contributed by atoms with E-state index in [-0.39, 0.29) is 29.2 Å². The number of carbonyl (C=O) groups excluding carboxylic acids is 1. The zero-order valence-electron chi connectivity index (χ0n) is 17.3. The summed E-state index contributed by atoms with van der Waals surface area (Å²) in [6.45, 7) is 2.06. The number of ether oxygens (including phenoxy) is 1. The van der Waals surface area contributed by atoms with Crippen LogP contribution in [0.5, 0.6) is 5.75 Å². The second-order valence-corrected chi connectivity index (χ2v) is 10.0. The lowest BCUT2D eigenvalue weighted by atomic mass is 10.1. The van der Waals surface area contributed by atoms with Crippen LogP contribution in [-0.4, -0.2) is 43.9 Å². The summed E-state index contributed by atoms with van der Waals surface area (Å²) in [6.07, 6.45) is 0.348. The van der Waals surface area contributed by atoms with E-state index in [4.69, 9.17) is 9.15 Å². The van der Waals surface area contributed by atoms with E-state index in [1.54, 1.807) is 37.4 Å². The van der Waals surface area contributed by atoms with Crippen LogP contribution < -0.4 is 10.2 Å². The Morgan fingerprint density at radius 1 is 1.16 bits per heavy atom. The van der Waals surface area contributed by atoms with Crippen molar-refractivity contribution in [2.45, 2.75) is 25.9 Å². The second-order valence-electron chi connectivity index (χ2n) is 7.81. The molecule has 2 aromatic carbocycles. The fourth-order valence-electron chi connectivity index (χ4n) is 3.83. The van der Waals surface area contributed by atoms with E-state index < -0.39 is 21.8 Å². The van der Waals surface area contributed by atoms with Crippen molar-refractivity contribution in [1.29, 1.82) is 0 Å². The lowest BCUT2D eigenvalue weighted by Crippen LogP contribution is -2.40. The maximum absolute atomic E-state index is 13.4. The molecule has 1 amide bonds. The number of nitrogens with zero attached hydrogens (tertiary/aromatic N) is 1. The second kappa shape index (κ2) is 8.19. The summed E-state index contributed by atoms with van der Waals surface area (Å²) < 4.78 is 35.1. The summed E-state index contributed by atoms with van der Waals surface area (Å²) in [4.78, 5) is 27.5. The average Bonchev–Trinajstić information content (AvgIpc) is 3.11. The molecule has 8 heteroatoms. The van der Waals surface area contributed by atoms with Crippen molar-refractivity contribution in [3.8, 4) is 5.75 Å². The highest BCUT2D eigenvalue weighted by Crippen LogP contribution is 2.24. The van der Waals surface area contributed by atoms with Crippen LogP contribution in [0.3, 0.4) is 0 Å². The summed E-state index contributed by atoms with van der Waals surface area (Å²) in [5.74, 6) is 0.00855. The molecule has 4 rings (SSSR count). The van der Waals surface area contributed by atoms with E-state index in [9.17, 15) is 18.0 Å². The Morgan fingerprint density at radius 3 is 2.55 bits per heavy atom. The molecule has 1 aromatic heterocycles. The van der Waals surface area contributed by atoms with Crippen molar-refractivity contribution in [2.24, 2.45) is 0 Å². The first-order valence-corrected chi connectivity index (χ1v) is 11.8. The lowest BCUT2D eigenvalue weighted by molar-refractivity contribution is 0.0648. The van der Waals surface area contributed by atoms with Crippen molar-refractivity contribution in [2.75, 3.05) is 18.6 Å². The number of methoxy groups -OCH3 is 1. The minimum atomic E-state index is -3.21. The van der Waals surface area contributed by atoms with E-state index in [1.807, 2.05) is 19.1 Å². The van der Waals surface area contributed by atoms with E-state index >= 15 is 0 Å². The normalized spacial score (nSPS) is 17.5. The van der Waals surface area contributed by atoms with Gasteiger partial charge in [-0.1, -0.05) is 23.8 Å². The molecule has 7 nitrogen and oxygen atoms in total. The number of fused-ring (bicyclic) bond motifs is 1. The van der Waals surface area contributed by atoms with Gasteiger partial charge in [0.05, 0.1) is 24.0 Å². The minimum Gasteiger partial charge on any atom is -0.497 e. The van der Waals surface area contributed by atoms with Gasteiger partial charge in [0.1, 0.15) is 11.3 Å². The highest BCUT2D eigenvalue weighted by atomic mass is 32.2. The zero-order chi connectivity index (χ0) is 22.2. The first kappa shape index (κ1) is 21.1. The smallest absolute Gasteiger partial charge is 0.290 e. The highest BCUT2D eigenvalue weighted by molar-refractivity contribution is 7.91. The first-order chi connectivity index (χ1) is 14.8. The Balaban J connectivity index is 1.71. The maximum Gasteiger partial charge on any atom is 0.290 e. The predicted molar refractivity (Wildman–Crippen MR) is 117 cm³/mol. The molecule has 1 atom stereocenters. The zero-order valence-corrected chi connectivity index (χ0v) is 18.1. The third kappa shape index (κ3) is 4.49. The fourth-order valence-corrected chi connectivity index (χ4v) is 5.56. The maximum atomic E-state index is 13.4. The molecule has 0 bridgehead atoms. The van der Waals surface area contributed by atoms with E-state index in [2.05, 4.69) is 0 Å². The van der Waals surface area contributed by atoms with Gasteiger partial charge in [0.15, 0.2) is 21.0 Å². The Morgan fingerprint density at radius 2 is 1.90 bits per heavy atom. The lowest BCUT2D eigenvalue weighted by Gasteiger charge is -2.28. The van der Waals surface area contributed by atoms with Crippen LogP contribution in [0.15, 0.2) is 57.7 Å². The standard InChI is InChI=1S/C23H23NO6S/c1-15-3-8-21-19(11-15)20(25)12-22(30-21)23(26)24(17-9-10-31(27,28)14-17)13-16-4-6-18(29-2)7-5-16/h3-8,11-12,17H,9-10,13-14H2,1-2H3. The summed E-state index contributed by atoms with van der Waals surface area (Å²) in [5.41, 5.74) is 1.75. The van der Waals surface area contributed by atoms with E-state index in [1.165, 1.54) is 11.0 Å². The van der Waals surface area contributed by atoms with Gasteiger partial charge in [0.2, 0.25) is 0 Å². The molecule has 0 aliphatic carbocycles. The summed E-state index contributed by atoms with van der Waals surface area (Å²) in [5, 5.41) is 0.404. The quantitative estimate of drug-likeness (QED) is 0.604. The summed E-state index contributed by atoms with van der Waals surface area (Å²) in [6, 6.07) is 13.1. The van der Waals surface area contributed by atoms with Crippen LogP contribution in [0.4, 0.5) is 0 Å². The van der Waals surface area contributed by atoms with Gasteiger partial charge in [-0.25, -0.2) is 8.42 Å². The minimum absolute atomic E-state index is 0.0327. The summed E-state index contributed by atoms with van der Waals surface area (Å²) >= 11 is 0. The number of sulfone groups is 1. The van der Waals surface area contributed by atoms with E-state index in [0.717, 1.165) is 11.1 Å². The molecule has 2 heterocycles. The highest BCUT2D eigenvalue weighted by Gasteiger charge is 2.36. The number of benzene rings is 2. The molecule has 0 spiro atoms. The van der Waals surface area contributed by atoms with Crippen molar-refractivity contribution in [3.63, 3.8) is 0 Å². The fraction of sp³-hybridized carbons (Fsp3) is 0.304. The molecule has 1 saturated heterocycles. The molecule has 0 saturated carbocycles. The third-order valence-corrected chi connectivity index (χ3v) is 7.27. The van der Waals surface area contributed by atoms with Crippen LogP contribution in [0.2, 0.25) is 0 Å². The molecule has 31 heavy (non-hydrogen) atoms. The van der Waals surface area contributed by atoms with Crippen molar-refractivity contribution in [3.05, 3.63) is 75.6 Å². The van der Waals surface area contributed by atoms with Crippen LogP contribution in [0, 0.1) is 6.92 Å². The van der Waals surface area contributed by atoms with Gasteiger partial charge in [-0.05, 0) is 43.2 Å². The monoisotopic (exact) mass is 441 g/mol. The molecule has 0 radical (unpaired) electrons. The first-order valence-electron chi connectivity index (χ1n) is 9.94. The molecular weight excluding hydrogens is 418 g/mol. The van der Waals surface area contributed by atoms with Gasteiger partial charge in [0.25, 0.3) is 5.91 Å². The Kier molecular flexibility index (Phi) is 5.58. The number of aryl methyl sites for hydroxylation is 1. The number of carbonyl (C=O) groups is 1. The molecule has 162 valence electrons. The van der Waals surface area contributed by atoms with Crippen LogP contribution in [0.1, 0.15) is 28.1 Å². The van der Waals surface area contributed by atoms with Gasteiger partial charge < -0.3 is 14.1 Å². The Labute approximate surface area is 180 Å². The SMILES string of the molecule is COc1ccc(CN(C(=O)c2cc(=O)c3cc(C)ccc3o2)C2CCS(=O)(=O)C2)cc1. The largest absolute Gasteiger partial charge is 0.497 e. The summed E-state index contributed by atoms with van der Waals surface area (Å²) in [7, 11) is -1.65. The van der Waals surface area contributed by atoms with Crippen LogP contribution >= 0.6 is 0 Å². The number of hydrogen-bond acceptors (Lipinski definition) is 6. The number of amides is 1. The molecule has 1 unspecified atom stereocenters. The van der Waals surface area contributed by atoms with Crippen molar-refractivity contribution < 1.29 is 22.4 Å². The Hall–Kier alpha value is -3.13. The van der Waals surface area contributed by atoms with Gasteiger partial charge in [-0.2, -0.15) is 0 Å². The van der Waals surface area contributed by atoms with Crippen LogP contribution in [-0.2, 0) is 16.4 Å². The third-order valence-electron chi connectivity index (χ3n) is 5.52. The Bertz CT molecular complexity index is 1290. The molecule has 1 aliphatic heterocycles. The van der Waals surface area contributed by atoms with Crippen LogP contribution in [0.25, 0.3) is 11.0 Å².